The highest BCUT2D eigenvalue weighted by Crippen LogP contribution is 2.44. The van der Waals surface area contributed by atoms with Gasteiger partial charge in [0, 0.05) is 39.0 Å². The Bertz CT molecular complexity index is 1060. The number of fused-ring (bicyclic) bond motifs is 3. The number of likely N-dealkylation sites (tertiary alicyclic amines) is 1. The molecule has 3 amide bonds. The second-order valence-electron chi connectivity index (χ2n) is 10.1. The van der Waals surface area contributed by atoms with Crippen LogP contribution in [0.5, 0.6) is 0 Å². The number of hydrogen-bond donors (Lipinski definition) is 1. The van der Waals surface area contributed by atoms with Gasteiger partial charge >= 0.3 is 6.09 Å². The van der Waals surface area contributed by atoms with Gasteiger partial charge in [0.05, 0.1) is 0 Å². The third kappa shape index (κ3) is 6.32. The zero-order valence-electron chi connectivity index (χ0n) is 22.1. The minimum Gasteiger partial charge on any atom is -0.448 e. The highest BCUT2D eigenvalue weighted by atomic mass is 16.6. The molecule has 0 aromatic heterocycles. The fourth-order valence-corrected chi connectivity index (χ4v) is 5.45. The average Bonchev–Trinajstić information content (AvgIpc) is 3.53. The molecule has 2 aliphatic rings. The van der Waals surface area contributed by atoms with Crippen LogP contribution in [0, 0.1) is 0 Å². The van der Waals surface area contributed by atoms with Crippen LogP contribution < -0.4 is 5.32 Å². The molecule has 1 fully saturated rings. The Kier molecular flexibility index (Phi) is 9.20. The summed E-state index contributed by atoms with van der Waals surface area (Å²) in [5.74, 6) is 0.0579. The maximum atomic E-state index is 13.2. The third-order valence-corrected chi connectivity index (χ3v) is 7.45. The number of amides is 3. The molecular formula is C30H39N3O4. The van der Waals surface area contributed by atoms with Gasteiger partial charge < -0.3 is 15.0 Å². The zero-order valence-corrected chi connectivity index (χ0v) is 22.1. The van der Waals surface area contributed by atoms with E-state index in [9.17, 15) is 14.4 Å². The lowest BCUT2D eigenvalue weighted by molar-refractivity contribution is -0.134. The van der Waals surface area contributed by atoms with Crippen molar-refractivity contribution in [3.63, 3.8) is 0 Å². The smallest absolute Gasteiger partial charge is 0.410 e. The number of nitrogens with zero attached hydrogens (tertiary/aromatic N) is 2. The lowest BCUT2D eigenvalue weighted by Gasteiger charge is -2.28. The van der Waals surface area contributed by atoms with Crippen molar-refractivity contribution in [3.8, 4) is 11.1 Å². The largest absolute Gasteiger partial charge is 0.448 e. The number of likely N-dealkylation sites (N-methyl/N-ethyl adjacent to an activating group) is 1. The zero-order chi connectivity index (χ0) is 26.2. The molecule has 0 bridgehead atoms. The third-order valence-electron chi connectivity index (χ3n) is 7.45. The fraction of sp³-hybridized carbons (Fsp3) is 0.500. The van der Waals surface area contributed by atoms with Crippen LogP contribution in [0.1, 0.15) is 68.9 Å². The number of carbonyl (C=O) groups is 3. The SMILES string of the molecule is CCCNC(=O)CCCCCN(C)C(=O)[C@@H]1CCCN1C(=O)OCC1c2ccccc2-c2ccccc21. The van der Waals surface area contributed by atoms with E-state index in [1.54, 1.807) is 16.8 Å². The van der Waals surface area contributed by atoms with Gasteiger partial charge in [-0.2, -0.15) is 0 Å². The molecule has 7 nitrogen and oxygen atoms in total. The number of unbranched alkanes of at least 4 members (excludes halogenated alkanes) is 2. The summed E-state index contributed by atoms with van der Waals surface area (Å²) >= 11 is 0. The summed E-state index contributed by atoms with van der Waals surface area (Å²) in [6.07, 6.45) is 5.03. The van der Waals surface area contributed by atoms with Gasteiger partial charge in [0.1, 0.15) is 12.6 Å². The van der Waals surface area contributed by atoms with Crippen molar-refractivity contribution >= 4 is 17.9 Å². The van der Waals surface area contributed by atoms with Gasteiger partial charge in [-0.3, -0.25) is 14.5 Å². The number of hydrogen-bond acceptors (Lipinski definition) is 4. The molecule has 0 unspecified atom stereocenters. The molecule has 1 atom stereocenters. The van der Waals surface area contributed by atoms with Crippen molar-refractivity contribution in [1.82, 2.24) is 15.1 Å². The summed E-state index contributed by atoms with van der Waals surface area (Å²) in [5, 5.41) is 2.89. The van der Waals surface area contributed by atoms with E-state index < -0.39 is 12.1 Å². The van der Waals surface area contributed by atoms with Crippen LogP contribution in [0.25, 0.3) is 11.1 Å². The maximum Gasteiger partial charge on any atom is 0.410 e. The predicted octanol–water partition coefficient (Wildman–Crippen LogP) is 4.94. The Labute approximate surface area is 220 Å². The summed E-state index contributed by atoms with van der Waals surface area (Å²) in [6.45, 7) is 4.16. The minimum absolute atomic E-state index is 0.000155. The van der Waals surface area contributed by atoms with Crippen LogP contribution in [-0.4, -0.2) is 67.0 Å². The molecule has 1 saturated heterocycles. The molecular weight excluding hydrogens is 466 g/mol. The van der Waals surface area contributed by atoms with Gasteiger partial charge in [-0.25, -0.2) is 4.79 Å². The monoisotopic (exact) mass is 505 g/mol. The first-order valence-electron chi connectivity index (χ1n) is 13.6. The van der Waals surface area contributed by atoms with Gasteiger partial charge in [-0.05, 0) is 54.4 Å². The maximum absolute atomic E-state index is 13.2. The van der Waals surface area contributed by atoms with E-state index in [0.29, 0.717) is 25.9 Å². The Morgan fingerprint density at radius 2 is 1.68 bits per heavy atom. The molecule has 0 radical (unpaired) electrons. The summed E-state index contributed by atoms with van der Waals surface area (Å²) in [5.41, 5.74) is 4.73. The van der Waals surface area contributed by atoms with Crippen molar-refractivity contribution in [1.29, 1.82) is 0 Å². The van der Waals surface area contributed by atoms with Gasteiger partial charge in [0.2, 0.25) is 11.8 Å². The highest BCUT2D eigenvalue weighted by Gasteiger charge is 2.37. The minimum atomic E-state index is -0.472. The molecule has 7 heteroatoms. The molecule has 37 heavy (non-hydrogen) atoms. The second kappa shape index (κ2) is 12.7. The Balaban J connectivity index is 1.26. The molecule has 4 rings (SSSR count). The topological polar surface area (TPSA) is 79.0 Å². The van der Waals surface area contributed by atoms with Crippen LogP contribution in [0.4, 0.5) is 4.79 Å². The van der Waals surface area contributed by atoms with Gasteiger partial charge in [-0.1, -0.05) is 61.9 Å². The fourth-order valence-electron chi connectivity index (χ4n) is 5.45. The van der Waals surface area contributed by atoms with Gasteiger partial charge in [0.25, 0.3) is 0 Å². The molecule has 0 spiro atoms. The summed E-state index contributed by atoms with van der Waals surface area (Å²) in [7, 11) is 1.80. The first-order valence-corrected chi connectivity index (χ1v) is 13.6. The number of ether oxygens (including phenoxy) is 1. The predicted molar refractivity (Wildman–Crippen MR) is 144 cm³/mol. The Morgan fingerprint density at radius 1 is 1.00 bits per heavy atom. The highest BCUT2D eigenvalue weighted by molar-refractivity contribution is 5.86. The summed E-state index contributed by atoms with van der Waals surface area (Å²) in [4.78, 5) is 41.3. The van der Waals surface area contributed by atoms with E-state index in [1.165, 1.54) is 22.3 Å². The first kappa shape index (κ1) is 26.7. The normalized spacial score (nSPS) is 16.3. The van der Waals surface area contributed by atoms with Crippen LogP contribution in [0.15, 0.2) is 48.5 Å². The van der Waals surface area contributed by atoms with Gasteiger partial charge in [-0.15, -0.1) is 0 Å². The molecule has 1 aliphatic heterocycles. The molecule has 2 aromatic rings. The number of benzene rings is 2. The Morgan fingerprint density at radius 3 is 2.35 bits per heavy atom. The van der Waals surface area contributed by atoms with E-state index >= 15 is 0 Å². The molecule has 0 saturated carbocycles. The number of rotatable bonds is 11. The van der Waals surface area contributed by atoms with Crippen LogP contribution in [0.2, 0.25) is 0 Å². The Hall–Kier alpha value is -3.35. The molecule has 1 heterocycles. The summed E-state index contributed by atoms with van der Waals surface area (Å²) in [6, 6.07) is 16.1. The molecule has 2 aromatic carbocycles. The van der Waals surface area contributed by atoms with Gasteiger partial charge in [0.15, 0.2) is 0 Å². The van der Waals surface area contributed by atoms with E-state index in [1.807, 2.05) is 31.2 Å². The molecule has 1 aliphatic carbocycles. The average molecular weight is 506 g/mol. The quantitative estimate of drug-likeness (QED) is 0.439. The van der Waals surface area contributed by atoms with Crippen molar-refractivity contribution < 1.29 is 19.1 Å². The van der Waals surface area contributed by atoms with Crippen molar-refractivity contribution in [2.75, 3.05) is 33.3 Å². The lowest BCUT2D eigenvalue weighted by atomic mass is 9.98. The van der Waals surface area contributed by atoms with E-state index in [-0.39, 0.29) is 24.3 Å². The lowest BCUT2D eigenvalue weighted by Crippen LogP contribution is -2.47. The number of carbonyl (C=O) groups excluding carboxylic acids is 3. The molecule has 1 N–H and O–H groups in total. The standard InChI is InChI=1S/C30H39N3O4/c1-3-18-31-28(34)17-5-4-10-19-32(2)29(35)27-16-11-20-33(27)30(36)37-21-26-24-14-8-6-12-22(24)23-13-7-9-15-25(23)26/h6-9,12-15,26-27H,3-5,10-11,16-21H2,1-2H3,(H,31,34)/t27-/m0/s1. The van der Waals surface area contributed by atoms with Crippen molar-refractivity contribution in [2.45, 2.75) is 63.8 Å². The summed E-state index contributed by atoms with van der Waals surface area (Å²) < 4.78 is 5.83. The first-order chi connectivity index (χ1) is 18.0. The molecule has 198 valence electrons. The second-order valence-corrected chi connectivity index (χ2v) is 10.1. The van der Waals surface area contributed by atoms with Crippen molar-refractivity contribution in [3.05, 3.63) is 59.7 Å². The van der Waals surface area contributed by atoms with Crippen LogP contribution in [0.3, 0.4) is 0 Å². The van der Waals surface area contributed by atoms with Crippen LogP contribution in [-0.2, 0) is 14.3 Å². The number of nitrogens with one attached hydrogen (secondary N) is 1. The van der Waals surface area contributed by atoms with E-state index in [4.69, 9.17) is 4.74 Å². The van der Waals surface area contributed by atoms with E-state index in [2.05, 4.69) is 29.6 Å². The van der Waals surface area contributed by atoms with E-state index in [0.717, 1.165) is 38.6 Å². The van der Waals surface area contributed by atoms with Crippen molar-refractivity contribution in [2.24, 2.45) is 0 Å². The van der Waals surface area contributed by atoms with Crippen LogP contribution >= 0.6 is 0 Å².